The standard InChI is InChI=1S/C10H10ClN9/c1-6(7-13-4-14-19-7)15-9-16-8(11)17-10(18-9)20-3-2-12-5-20/h2-6H,1H3,(H,13,14,19)(H,15,16,17,18). The minimum absolute atomic E-state index is 0.0935. The summed E-state index contributed by atoms with van der Waals surface area (Å²) in [5, 5.41) is 9.73. The Labute approximate surface area is 118 Å². The maximum absolute atomic E-state index is 5.90. The summed E-state index contributed by atoms with van der Waals surface area (Å²) in [5.74, 6) is 1.40. The highest BCUT2D eigenvalue weighted by molar-refractivity contribution is 6.28. The second-order valence-electron chi connectivity index (χ2n) is 3.93. The van der Waals surface area contributed by atoms with Crippen LogP contribution >= 0.6 is 11.6 Å². The van der Waals surface area contributed by atoms with Crippen LogP contribution in [0.25, 0.3) is 5.95 Å². The molecule has 3 heterocycles. The number of aromatic amines is 1. The number of halogens is 1. The van der Waals surface area contributed by atoms with Gasteiger partial charge in [0.2, 0.25) is 17.2 Å². The summed E-state index contributed by atoms with van der Waals surface area (Å²) >= 11 is 5.90. The molecule has 0 aliphatic rings. The van der Waals surface area contributed by atoms with Crippen LogP contribution in [-0.2, 0) is 0 Å². The van der Waals surface area contributed by atoms with Crippen molar-refractivity contribution in [1.82, 2.24) is 39.7 Å². The van der Waals surface area contributed by atoms with Crippen LogP contribution in [0.5, 0.6) is 0 Å². The van der Waals surface area contributed by atoms with Crippen molar-refractivity contribution in [2.24, 2.45) is 0 Å². The molecule has 3 aromatic rings. The van der Waals surface area contributed by atoms with E-state index in [2.05, 4.69) is 40.4 Å². The van der Waals surface area contributed by atoms with E-state index in [1.807, 2.05) is 6.92 Å². The molecule has 1 atom stereocenters. The molecule has 0 aliphatic carbocycles. The van der Waals surface area contributed by atoms with Gasteiger partial charge in [-0.05, 0) is 18.5 Å². The van der Waals surface area contributed by atoms with Crippen LogP contribution in [0.1, 0.15) is 18.8 Å². The van der Waals surface area contributed by atoms with Gasteiger partial charge in [0, 0.05) is 12.4 Å². The van der Waals surface area contributed by atoms with Gasteiger partial charge in [0.25, 0.3) is 0 Å². The third-order valence-corrected chi connectivity index (χ3v) is 2.69. The molecule has 1 unspecified atom stereocenters. The average molecular weight is 292 g/mol. The third-order valence-electron chi connectivity index (χ3n) is 2.52. The van der Waals surface area contributed by atoms with Gasteiger partial charge < -0.3 is 5.32 Å². The molecule has 0 aliphatic heterocycles. The molecule has 2 N–H and O–H groups in total. The molecule has 0 fully saturated rings. The molecule has 10 heteroatoms. The van der Waals surface area contributed by atoms with E-state index in [1.54, 1.807) is 23.3 Å². The Morgan fingerprint density at radius 2 is 2.25 bits per heavy atom. The number of nitrogens with one attached hydrogen (secondary N) is 2. The van der Waals surface area contributed by atoms with Crippen LogP contribution in [-0.4, -0.2) is 39.7 Å². The van der Waals surface area contributed by atoms with Crippen molar-refractivity contribution in [3.63, 3.8) is 0 Å². The summed E-state index contributed by atoms with van der Waals surface area (Å²) in [7, 11) is 0. The van der Waals surface area contributed by atoms with Gasteiger partial charge in [0.15, 0.2) is 0 Å². The summed E-state index contributed by atoms with van der Waals surface area (Å²) in [6, 6.07) is -0.147. The quantitative estimate of drug-likeness (QED) is 0.738. The SMILES string of the molecule is CC(Nc1nc(Cl)nc(-n2ccnc2)n1)c1ncn[nH]1. The van der Waals surface area contributed by atoms with Crippen LogP contribution in [0, 0.1) is 0 Å². The number of rotatable bonds is 4. The lowest BCUT2D eigenvalue weighted by atomic mass is 10.3. The second-order valence-corrected chi connectivity index (χ2v) is 4.27. The van der Waals surface area contributed by atoms with Crippen molar-refractivity contribution < 1.29 is 0 Å². The first-order valence-corrected chi connectivity index (χ1v) is 6.12. The van der Waals surface area contributed by atoms with Crippen molar-refractivity contribution in [2.45, 2.75) is 13.0 Å². The zero-order chi connectivity index (χ0) is 13.9. The van der Waals surface area contributed by atoms with Crippen molar-refractivity contribution in [2.75, 3.05) is 5.32 Å². The minimum atomic E-state index is -0.147. The van der Waals surface area contributed by atoms with E-state index >= 15 is 0 Å². The number of aromatic nitrogens is 8. The summed E-state index contributed by atoms with van der Waals surface area (Å²) < 4.78 is 1.64. The van der Waals surface area contributed by atoms with Gasteiger partial charge in [0.1, 0.15) is 18.5 Å². The Hall–Kier alpha value is -2.55. The van der Waals surface area contributed by atoms with Gasteiger partial charge >= 0.3 is 0 Å². The van der Waals surface area contributed by atoms with Crippen LogP contribution < -0.4 is 5.32 Å². The molecule has 0 bridgehead atoms. The lowest BCUT2D eigenvalue weighted by molar-refractivity contribution is 0.774. The highest BCUT2D eigenvalue weighted by Crippen LogP contribution is 2.15. The molecular weight excluding hydrogens is 282 g/mol. The molecule has 3 rings (SSSR count). The number of anilines is 1. The molecule has 102 valence electrons. The van der Waals surface area contributed by atoms with Gasteiger partial charge in [0.05, 0.1) is 6.04 Å². The van der Waals surface area contributed by atoms with E-state index in [9.17, 15) is 0 Å². The van der Waals surface area contributed by atoms with E-state index in [0.717, 1.165) is 0 Å². The van der Waals surface area contributed by atoms with Crippen LogP contribution in [0.15, 0.2) is 25.0 Å². The molecule has 3 aromatic heterocycles. The fourth-order valence-corrected chi connectivity index (χ4v) is 1.74. The number of imidazole rings is 1. The van der Waals surface area contributed by atoms with E-state index in [4.69, 9.17) is 11.6 Å². The van der Waals surface area contributed by atoms with E-state index < -0.39 is 0 Å². The van der Waals surface area contributed by atoms with Crippen LogP contribution in [0.3, 0.4) is 0 Å². The Balaban J connectivity index is 1.87. The van der Waals surface area contributed by atoms with Crippen molar-refractivity contribution in [1.29, 1.82) is 0 Å². The molecule has 9 nitrogen and oxygen atoms in total. The minimum Gasteiger partial charge on any atom is -0.344 e. The fraction of sp³-hybridized carbons (Fsp3) is 0.200. The zero-order valence-electron chi connectivity index (χ0n) is 10.4. The summed E-state index contributed by atoms with van der Waals surface area (Å²) in [4.78, 5) is 20.3. The van der Waals surface area contributed by atoms with Gasteiger partial charge in [-0.3, -0.25) is 9.67 Å². The summed E-state index contributed by atoms with van der Waals surface area (Å²) in [6.45, 7) is 1.90. The Kier molecular flexibility index (Phi) is 3.25. The first-order chi connectivity index (χ1) is 9.72. The predicted octanol–water partition coefficient (Wildman–Crippen LogP) is 1.00. The lowest BCUT2D eigenvalue weighted by Gasteiger charge is -2.11. The molecular formula is C10H10ClN9. The molecule has 0 radical (unpaired) electrons. The predicted molar refractivity (Wildman–Crippen MR) is 70.4 cm³/mol. The number of H-pyrrole nitrogens is 1. The van der Waals surface area contributed by atoms with Crippen LogP contribution in [0.2, 0.25) is 5.28 Å². The lowest BCUT2D eigenvalue weighted by Crippen LogP contribution is -2.13. The third kappa shape index (κ3) is 2.57. The molecule has 20 heavy (non-hydrogen) atoms. The van der Waals surface area contributed by atoms with Crippen molar-refractivity contribution >= 4 is 17.5 Å². The average Bonchev–Trinajstić information content (AvgIpc) is 3.12. The highest BCUT2D eigenvalue weighted by Gasteiger charge is 2.12. The first kappa shape index (κ1) is 12.5. The molecule has 0 aromatic carbocycles. The maximum atomic E-state index is 5.90. The normalized spacial score (nSPS) is 12.3. The number of hydrogen-bond donors (Lipinski definition) is 2. The van der Waals surface area contributed by atoms with E-state index in [-0.39, 0.29) is 11.3 Å². The van der Waals surface area contributed by atoms with Crippen molar-refractivity contribution in [3.8, 4) is 5.95 Å². The molecule has 0 spiro atoms. The van der Waals surface area contributed by atoms with Gasteiger partial charge in [-0.1, -0.05) is 0 Å². The van der Waals surface area contributed by atoms with Crippen molar-refractivity contribution in [3.05, 3.63) is 36.2 Å². The summed E-state index contributed by atoms with van der Waals surface area (Å²) in [5.41, 5.74) is 0. The number of nitrogens with zero attached hydrogens (tertiary/aromatic N) is 7. The van der Waals surface area contributed by atoms with E-state index in [0.29, 0.717) is 17.7 Å². The monoisotopic (exact) mass is 291 g/mol. The topological polar surface area (TPSA) is 110 Å². The zero-order valence-corrected chi connectivity index (χ0v) is 11.2. The number of hydrogen-bond acceptors (Lipinski definition) is 7. The molecule has 0 saturated carbocycles. The highest BCUT2D eigenvalue weighted by atomic mass is 35.5. The Morgan fingerprint density at radius 1 is 1.35 bits per heavy atom. The molecule has 0 amide bonds. The first-order valence-electron chi connectivity index (χ1n) is 5.74. The fourth-order valence-electron chi connectivity index (χ4n) is 1.58. The van der Waals surface area contributed by atoms with Gasteiger partial charge in [-0.15, -0.1) is 0 Å². The second kappa shape index (κ2) is 5.21. The van der Waals surface area contributed by atoms with Crippen LogP contribution in [0.4, 0.5) is 5.95 Å². The molecule has 0 saturated heterocycles. The van der Waals surface area contributed by atoms with E-state index in [1.165, 1.54) is 6.33 Å². The Morgan fingerprint density at radius 3 is 2.95 bits per heavy atom. The van der Waals surface area contributed by atoms with Gasteiger partial charge in [-0.2, -0.15) is 20.1 Å². The van der Waals surface area contributed by atoms with Gasteiger partial charge in [-0.25, -0.2) is 9.97 Å². The Bertz CT molecular complexity index is 679. The maximum Gasteiger partial charge on any atom is 0.241 e. The largest absolute Gasteiger partial charge is 0.344 e. The summed E-state index contributed by atoms with van der Waals surface area (Å²) in [6.07, 6.45) is 6.36. The smallest absolute Gasteiger partial charge is 0.241 e.